The standard InChI is InChI=1S/C22H29N3O3.ClH/c26-21(10-9-18-13-17-6-1-2-8-20(17)28-18)25-12-4-5-16(15-25)14-24-22(27)19-7-3-11-23-19;/h1-2,6,8,13,16,19,23H,3-5,7,9-12,14-15H2,(H,24,27);1H. The number of piperidine rings is 1. The van der Waals surface area contributed by atoms with Crippen LogP contribution in [0.5, 0.6) is 0 Å². The lowest BCUT2D eigenvalue weighted by Crippen LogP contribution is -2.46. The number of likely N-dealkylation sites (tertiary alicyclic amines) is 1. The Labute approximate surface area is 177 Å². The van der Waals surface area contributed by atoms with E-state index in [1.807, 2.05) is 35.2 Å². The van der Waals surface area contributed by atoms with E-state index in [0.29, 0.717) is 25.3 Å². The Balaban J connectivity index is 0.00000240. The summed E-state index contributed by atoms with van der Waals surface area (Å²) in [5, 5.41) is 7.38. The zero-order valence-electron chi connectivity index (χ0n) is 16.7. The fraction of sp³-hybridized carbons (Fsp3) is 0.545. The topological polar surface area (TPSA) is 74.6 Å². The molecule has 2 aliphatic rings. The monoisotopic (exact) mass is 419 g/mol. The number of fused-ring (bicyclic) bond motifs is 1. The summed E-state index contributed by atoms with van der Waals surface area (Å²) < 4.78 is 5.82. The van der Waals surface area contributed by atoms with E-state index < -0.39 is 0 Å². The van der Waals surface area contributed by atoms with Crippen molar-refractivity contribution in [3.05, 3.63) is 36.1 Å². The summed E-state index contributed by atoms with van der Waals surface area (Å²) in [5.74, 6) is 1.48. The Hall–Kier alpha value is -2.05. The van der Waals surface area contributed by atoms with E-state index >= 15 is 0 Å². The van der Waals surface area contributed by atoms with Crippen LogP contribution >= 0.6 is 12.4 Å². The molecule has 7 heteroatoms. The third-order valence-electron chi connectivity index (χ3n) is 5.88. The number of carbonyl (C=O) groups excluding carboxylic acids is 2. The maximum absolute atomic E-state index is 12.7. The number of halogens is 1. The number of para-hydroxylation sites is 1. The molecule has 0 saturated carbocycles. The summed E-state index contributed by atoms with van der Waals surface area (Å²) in [4.78, 5) is 26.8. The molecule has 29 heavy (non-hydrogen) atoms. The van der Waals surface area contributed by atoms with Crippen LogP contribution in [0.25, 0.3) is 11.0 Å². The number of rotatable bonds is 6. The van der Waals surface area contributed by atoms with Gasteiger partial charge in [-0.3, -0.25) is 9.59 Å². The summed E-state index contributed by atoms with van der Waals surface area (Å²) >= 11 is 0. The van der Waals surface area contributed by atoms with E-state index in [9.17, 15) is 9.59 Å². The number of benzene rings is 1. The van der Waals surface area contributed by atoms with Crippen molar-refractivity contribution < 1.29 is 14.0 Å². The first-order valence-electron chi connectivity index (χ1n) is 10.5. The average molecular weight is 420 g/mol. The van der Waals surface area contributed by atoms with Crippen molar-refractivity contribution in [2.24, 2.45) is 5.92 Å². The van der Waals surface area contributed by atoms with Crippen molar-refractivity contribution in [1.29, 1.82) is 0 Å². The predicted octanol–water partition coefficient (Wildman–Crippen LogP) is 2.89. The minimum absolute atomic E-state index is 0. The van der Waals surface area contributed by atoms with Gasteiger partial charge in [0.25, 0.3) is 0 Å². The number of hydrogen-bond donors (Lipinski definition) is 2. The zero-order valence-corrected chi connectivity index (χ0v) is 17.5. The summed E-state index contributed by atoms with van der Waals surface area (Å²) in [6.45, 7) is 3.13. The number of carbonyl (C=O) groups is 2. The first-order valence-corrected chi connectivity index (χ1v) is 10.5. The highest BCUT2D eigenvalue weighted by Crippen LogP contribution is 2.21. The second kappa shape index (κ2) is 10.1. The van der Waals surface area contributed by atoms with Crippen molar-refractivity contribution in [3.63, 3.8) is 0 Å². The Kier molecular flexibility index (Phi) is 7.56. The van der Waals surface area contributed by atoms with Gasteiger partial charge in [-0.05, 0) is 50.3 Å². The van der Waals surface area contributed by atoms with Crippen LogP contribution in [-0.2, 0) is 16.0 Å². The summed E-state index contributed by atoms with van der Waals surface area (Å²) in [6.07, 6.45) is 5.13. The van der Waals surface area contributed by atoms with Crippen LogP contribution in [0.4, 0.5) is 0 Å². The fourth-order valence-corrected chi connectivity index (χ4v) is 4.28. The molecule has 0 radical (unpaired) electrons. The molecule has 0 bridgehead atoms. The highest BCUT2D eigenvalue weighted by molar-refractivity contribution is 5.85. The molecule has 2 aromatic rings. The molecule has 2 unspecified atom stereocenters. The van der Waals surface area contributed by atoms with Crippen LogP contribution in [0, 0.1) is 5.92 Å². The van der Waals surface area contributed by atoms with E-state index in [1.165, 1.54) is 0 Å². The van der Waals surface area contributed by atoms with Gasteiger partial charge >= 0.3 is 0 Å². The van der Waals surface area contributed by atoms with Gasteiger partial charge < -0.3 is 20.0 Å². The number of aryl methyl sites for hydroxylation is 1. The van der Waals surface area contributed by atoms with Gasteiger partial charge in [0.1, 0.15) is 11.3 Å². The van der Waals surface area contributed by atoms with Gasteiger partial charge in [0.15, 0.2) is 0 Å². The van der Waals surface area contributed by atoms with Gasteiger partial charge in [-0.25, -0.2) is 0 Å². The van der Waals surface area contributed by atoms with Crippen molar-refractivity contribution in [1.82, 2.24) is 15.5 Å². The molecule has 0 spiro atoms. The maximum atomic E-state index is 12.7. The van der Waals surface area contributed by atoms with E-state index in [1.54, 1.807) is 0 Å². The van der Waals surface area contributed by atoms with Crippen LogP contribution in [0.1, 0.15) is 37.9 Å². The van der Waals surface area contributed by atoms with Crippen LogP contribution in [0.2, 0.25) is 0 Å². The summed E-state index contributed by atoms with van der Waals surface area (Å²) in [6, 6.07) is 9.90. The zero-order chi connectivity index (χ0) is 19.3. The molecule has 2 saturated heterocycles. The second-order valence-corrected chi connectivity index (χ2v) is 7.99. The van der Waals surface area contributed by atoms with E-state index in [2.05, 4.69) is 10.6 Å². The smallest absolute Gasteiger partial charge is 0.237 e. The highest BCUT2D eigenvalue weighted by Gasteiger charge is 2.26. The molecule has 2 atom stereocenters. The number of hydrogen-bond acceptors (Lipinski definition) is 4. The van der Waals surface area contributed by atoms with Crippen LogP contribution in [0.15, 0.2) is 34.7 Å². The number of furan rings is 1. The number of amides is 2. The molecular weight excluding hydrogens is 390 g/mol. The lowest BCUT2D eigenvalue weighted by atomic mass is 9.97. The van der Waals surface area contributed by atoms with Crippen molar-refractivity contribution in [3.8, 4) is 0 Å². The predicted molar refractivity (Wildman–Crippen MR) is 115 cm³/mol. The molecule has 2 aliphatic heterocycles. The van der Waals surface area contributed by atoms with Gasteiger partial charge in [0, 0.05) is 37.9 Å². The largest absolute Gasteiger partial charge is 0.461 e. The minimum Gasteiger partial charge on any atom is -0.461 e. The Morgan fingerprint density at radius 1 is 1.21 bits per heavy atom. The van der Waals surface area contributed by atoms with Gasteiger partial charge in [0.05, 0.1) is 6.04 Å². The molecule has 1 aromatic carbocycles. The Morgan fingerprint density at radius 3 is 2.86 bits per heavy atom. The van der Waals surface area contributed by atoms with Gasteiger partial charge in [-0.15, -0.1) is 12.4 Å². The normalized spacial score (nSPS) is 21.7. The van der Waals surface area contributed by atoms with Crippen molar-refractivity contribution >= 4 is 35.2 Å². The van der Waals surface area contributed by atoms with Crippen molar-refractivity contribution in [2.75, 3.05) is 26.2 Å². The molecular formula is C22H30ClN3O3. The lowest BCUT2D eigenvalue weighted by Gasteiger charge is -2.33. The molecule has 4 rings (SSSR count). The summed E-state index contributed by atoms with van der Waals surface area (Å²) in [5.41, 5.74) is 0.871. The Bertz CT molecular complexity index is 799. The Morgan fingerprint density at radius 2 is 2.07 bits per heavy atom. The molecule has 0 aliphatic carbocycles. The second-order valence-electron chi connectivity index (χ2n) is 7.99. The fourth-order valence-electron chi connectivity index (χ4n) is 4.28. The van der Waals surface area contributed by atoms with Crippen LogP contribution in [-0.4, -0.2) is 48.9 Å². The molecule has 158 valence electrons. The lowest BCUT2D eigenvalue weighted by molar-refractivity contribution is -0.133. The number of nitrogens with one attached hydrogen (secondary N) is 2. The molecule has 2 N–H and O–H groups in total. The van der Waals surface area contributed by atoms with Gasteiger partial charge in [-0.1, -0.05) is 18.2 Å². The quantitative estimate of drug-likeness (QED) is 0.755. The molecule has 1 aromatic heterocycles. The molecule has 3 heterocycles. The summed E-state index contributed by atoms with van der Waals surface area (Å²) in [7, 11) is 0. The third kappa shape index (κ3) is 5.52. The van der Waals surface area contributed by atoms with E-state index in [-0.39, 0.29) is 30.3 Å². The third-order valence-corrected chi connectivity index (χ3v) is 5.88. The number of nitrogens with zero attached hydrogens (tertiary/aromatic N) is 1. The van der Waals surface area contributed by atoms with Crippen LogP contribution in [0.3, 0.4) is 0 Å². The van der Waals surface area contributed by atoms with E-state index in [0.717, 1.165) is 62.0 Å². The minimum atomic E-state index is -0.0369. The molecule has 2 amide bonds. The van der Waals surface area contributed by atoms with Gasteiger partial charge in [-0.2, -0.15) is 0 Å². The van der Waals surface area contributed by atoms with Gasteiger partial charge in [0.2, 0.25) is 11.8 Å². The molecule has 2 fully saturated rings. The van der Waals surface area contributed by atoms with Crippen LogP contribution < -0.4 is 10.6 Å². The SMILES string of the molecule is Cl.O=C(NCC1CCCN(C(=O)CCc2cc3ccccc3o2)C1)C1CCCN1. The molecule has 6 nitrogen and oxygen atoms in total. The first-order chi connectivity index (χ1) is 13.7. The average Bonchev–Trinajstić information content (AvgIpc) is 3.40. The maximum Gasteiger partial charge on any atom is 0.237 e. The first kappa shape index (κ1) is 21.7. The van der Waals surface area contributed by atoms with Crippen molar-refractivity contribution in [2.45, 2.75) is 44.6 Å². The highest BCUT2D eigenvalue weighted by atomic mass is 35.5. The van der Waals surface area contributed by atoms with E-state index in [4.69, 9.17) is 4.42 Å².